The summed E-state index contributed by atoms with van der Waals surface area (Å²) >= 11 is 17.9. The van der Waals surface area contributed by atoms with E-state index in [1.165, 1.54) is 43.3 Å². The first-order valence-corrected chi connectivity index (χ1v) is 14.7. The van der Waals surface area contributed by atoms with Crippen LogP contribution in [0.5, 0.6) is 0 Å². The summed E-state index contributed by atoms with van der Waals surface area (Å²) in [6.07, 6.45) is -4.90. The molecule has 41 heavy (non-hydrogen) atoms. The van der Waals surface area contributed by atoms with Crippen LogP contribution in [0.1, 0.15) is 25.0 Å². The van der Waals surface area contributed by atoms with Crippen molar-refractivity contribution in [3.8, 4) is 0 Å². The summed E-state index contributed by atoms with van der Waals surface area (Å²) in [6.45, 7) is 2.28. The first-order chi connectivity index (χ1) is 19.2. The second kappa shape index (κ2) is 13.3. The maximum atomic E-state index is 13.8. The molecule has 7 nitrogen and oxygen atoms in total. The van der Waals surface area contributed by atoms with E-state index >= 15 is 0 Å². The van der Waals surface area contributed by atoms with Crippen LogP contribution in [-0.4, -0.2) is 44.3 Å². The van der Waals surface area contributed by atoms with Crippen LogP contribution in [0.25, 0.3) is 0 Å². The summed E-state index contributed by atoms with van der Waals surface area (Å²) in [6, 6.07) is 12.9. The van der Waals surface area contributed by atoms with Gasteiger partial charge in [0.2, 0.25) is 11.8 Å². The largest absolute Gasteiger partial charge is 0.417 e. The zero-order chi connectivity index (χ0) is 30.5. The van der Waals surface area contributed by atoms with E-state index < -0.39 is 56.9 Å². The van der Waals surface area contributed by atoms with Crippen LogP contribution >= 0.6 is 34.8 Å². The number of sulfonamides is 1. The maximum absolute atomic E-state index is 13.8. The van der Waals surface area contributed by atoms with Crippen molar-refractivity contribution in [3.05, 3.63) is 92.9 Å². The van der Waals surface area contributed by atoms with Gasteiger partial charge in [0.1, 0.15) is 12.6 Å². The van der Waals surface area contributed by atoms with Crippen molar-refractivity contribution in [1.82, 2.24) is 10.2 Å². The fourth-order valence-corrected chi connectivity index (χ4v) is 5.85. The molecule has 220 valence electrons. The van der Waals surface area contributed by atoms with Gasteiger partial charge in [0.15, 0.2) is 0 Å². The van der Waals surface area contributed by atoms with Crippen LogP contribution in [0.4, 0.5) is 18.9 Å². The number of amides is 2. The highest BCUT2D eigenvalue weighted by molar-refractivity contribution is 7.92. The number of benzene rings is 3. The Labute approximate surface area is 250 Å². The summed E-state index contributed by atoms with van der Waals surface area (Å²) in [4.78, 5) is 27.4. The number of carbonyl (C=O) groups is 2. The Bertz CT molecular complexity index is 1520. The molecule has 0 bridgehead atoms. The molecule has 3 rings (SSSR count). The van der Waals surface area contributed by atoms with Crippen LogP contribution in [0.2, 0.25) is 15.1 Å². The van der Waals surface area contributed by atoms with Gasteiger partial charge in [-0.3, -0.25) is 13.9 Å². The molecule has 3 aromatic carbocycles. The number of alkyl halides is 3. The van der Waals surface area contributed by atoms with E-state index in [-0.39, 0.29) is 28.0 Å². The quantitative estimate of drug-likeness (QED) is 0.275. The average molecular weight is 651 g/mol. The molecule has 14 heteroatoms. The molecule has 0 saturated heterocycles. The van der Waals surface area contributed by atoms with Crippen molar-refractivity contribution in [2.45, 2.75) is 37.5 Å². The third-order valence-electron chi connectivity index (χ3n) is 6.01. The van der Waals surface area contributed by atoms with E-state index in [0.717, 1.165) is 17.0 Å². The zero-order valence-electron chi connectivity index (χ0n) is 21.8. The van der Waals surface area contributed by atoms with Gasteiger partial charge in [-0.05, 0) is 61.9 Å². The number of nitrogens with one attached hydrogen (secondary N) is 1. The molecular formula is C27H25Cl3F3N3O4S. The molecule has 0 heterocycles. The fraction of sp³-hybridized carbons (Fsp3) is 0.259. The average Bonchev–Trinajstić information content (AvgIpc) is 2.92. The van der Waals surface area contributed by atoms with Crippen molar-refractivity contribution < 1.29 is 31.2 Å². The van der Waals surface area contributed by atoms with Crippen molar-refractivity contribution in [1.29, 1.82) is 0 Å². The minimum Gasteiger partial charge on any atom is -0.355 e. The van der Waals surface area contributed by atoms with Crippen LogP contribution in [-0.2, 0) is 32.3 Å². The van der Waals surface area contributed by atoms with Gasteiger partial charge < -0.3 is 10.2 Å². The highest BCUT2D eigenvalue weighted by atomic mass is 35.5. The van der Waals surface area contributed by atoms with Crippen molar-refractivity contribution in [3.63, 3.8) is 0 Å². The minimum absolute atomic E-state index is 0.179. The summed E-state index contributed by atoms with van der Waals surface area (Å²) in [5, 5.41) is 2.41. The van der Waals surface area contributed by atoms with Crippen LogP contribution in [0, 0.1) is 0 Å². The molecule has 0 spiro atoms. The monoisotopic (exact) mass is 649 g/mol. The smallest absolute Gasteiger partial charge is 0.355 e. The second-order valence-electron chi connectivity index (χ2n) is 8.83. The van der Waals surface area contributed by atoms with Crippen molar-refractivity contribution in [2.24, 2.45) is 0 Å². The van der Waals surface area contributed by atoms with Crippen LogP contribution in [0.15, 0.2) is 71.6 Å². The molecule has 0 radical (unpaired) electrons. The molecule has 0 aliphatic heterocycles. The van der Waals surface area contributed by atoms with E-state index in [4.69, 9.17) is 34.8 Å². The predicted octanol–water partition coefficient (Wildman–Crippen LogP) is 6.41. The Balaban J connectivity index is 2.12. The van der Waals surface area contributed by atoms with Crippen LogP contribution in [0.3, 0.4) is 0 Å². The van der Waals surface area contributed by atoms with E-state index in [2.05, 4.69) is 5.32 Å². The number of carbonyl (C=O) groups excluding carboxylic acids is 2. The van der Waals surface area contributed by atoms with Gasteiger partial charge in [0, 0.05) is 13.1 Å². The van der Waals surface area contributed by atoms with Gasteiger partial charge in [0.25, 0.3) is 10.0 Å². The van der Waals surface area contributed by atoms with E-state index in [1.807, 2.05) is 0 Å². The summed E-state index contributed by atoms with van der Waals surface area (Å²) in [7, 11) is -4.56. The molecule has 0 unspecified atom stereocenters. The topological polar surface area (TPSA) is 86.8 Å². The van der Waals surface area contributed by atoms with Gasteiger partial charge in [-0.15, -0.1) is 0 Å². The van der Waals surface area contributed by atoms with E-state index in [9.17, 15) is 31.2 Å². The molecule has 2 amide bonds. The van der Waals surface area contributed by atoms with Crippen LogP contribution < -0.4 is 9.62 Å². The molecule has 0 aliphatic carbocycles. The number of rotatable bonds is 10. The molecule has 0 aliphatic rings. The lowest BCUT2D eigenvalue weighted by Gasteiger charge is -2.32. The maximum Gasteiger partial charge on any atom is 0.417 e. The number of anilines is 1. The molecule has 0 fully saturated rings. The molecule has 1 N–H and O–H groups in total. The van der Waals surface area contributed by atoms with Gasteiger partial charge >= 0.3 is 6.18 Å². The Hall–Kier alpha value is -2.99. The van der Waals surface area contributed by atoms with Gasteiger partial charge in [-0.2, -0.15) is 13.2 Å². The standard InChI is InChI=1S/C27H25Cl3F3N3O4S/c1-3-34-26(38)17(2)35(15-18-9-11-23(29)24(30)13-18)25(37)16-36(41(39,40)20-7-5-4-6-8-20)19-10-12-22(28)21(14-19)27(31,32)33/h4-14,17H,3,15-16H2,1-2H3,(H,34,38)/t17-/m0/s1. The number of hydrogen-bond donors (Lipinski definition) is 1. The Morgan fingerprint density at radius 3 is 2.15 bits per heavy atom. The Morgan fingerprint density at radius 1 is 0.927 bits per heavy atom. The number of nitrogens with zero attached hydrogens (tertiary/aromatic N) is 2. The van der Waals surface area contributed by atoms with Crippen molar-refractivity contribution >= 4 is 62.3 Å². The molecular weight excluding hydrogens is 626 g/mol. The summed E-state index contributed by atoms with van der Waals surface area (Å²) < 4.78 is 69.0. The molecule has 3 aromatic rings. The second-order valence-corrected chi connectivity index (χ2v) is 11.9. The Kier molecular flexibility index (Phi) is 10.6. The zero-order valence-corrected chi connectivity index (χ0v) is 24.8. The lowest BCUT2D eigenvalue weighted by molar-refractivity contribution is -0.139. The fourth-order valence-electron chi connectivity index (χ4n) is 3.87. The predicted molar refractivity (Wildman–Crippen MR) is 153 cm³/mol. The first kappa shape index (κ1) is 32.5. The number of halogens is 6. The van der Waals surface area contributed by atoms with Gasteiger partial charge in [-0.1, -0.05) is 59.1 Å². The SMILES string of the molecule is CCNC(=O)[C@H](C)N(Cc1ccc(Cl)c(Cl)c1)C(=O)CN(c1ccc(Cl)c(C(F)(F)F)c1)S(=O)(=O)c1ccccc1. The number of hydrogen-bond acceptors (Lipinski definition) is 4. The third-order valence-corrected chi connectivity index (χ3v) is 8.87. The third kappa shape index (κ3) is 7.85. The minimum atomic E-state index is -4.90. The first-order valence-electron chi connectivity index (χ1n) is 12.1. The molecule has 0 aromatic heterocycles. The van der Waals surface area contributed by atoms with Crippen molar-refractivity contribution in [2.75, 3.05) is 17.4 Å². The van der Waals surface area contributed by atoms with E-state index in [1.54, 1.807) is 19.1 Å². The Morgan fingerprint density at radius 2 is 1.56 bits per heavy atom. The molecule has 1 atom stereocenters. The number of likely N-dealkylation sites (N-methyl/N-ethyl adjacent to an activating group) is 1. The lowest BCUT2D eigenvalue weighted by Crippen LogP contribution is -2.51. The normalized spacial score (nSPS) is 12.5. The highest BCUT2D eigenvalue weighted by Crippen LogP contribution is 2.38. The molecule has 0 saturated carbocycles. The highest BCUT2D eigenvalue weighted by Gasteiger charge is 2.37. The van der Waals surface area contributed by atoms with Gasteiger partial charge in [-0.25, -0.2) is 8.42 Å². The summed E-state index contributed by atoms with van der Waals surface area (Å²) in [5.41, 5.74) is -1.24. The summed E-state index contributed by atoms with van der Waals surface area (Å²) in [5.74, 6) is -1.39. The lowest BCUT2D eigenvalue weighted by atomic mass is 10.1. The van der Waals surface area contributed by atoms with E-state index in [0.29, 0.717) is 15.9 Å². The van der Waals surface area contributed by atoms with Gasteiger partial charge in [0.05, 0.1) is 31.2 Å².